The minimum absolute atomic E-state index is 0.0111. The Morgan fingerprint density at radius 2 is 0.812 bits per heavy atom. The average molecular weight is 1990 g/mol. The molecule has 56 heteroatoms. The van der Waals surface area contributed by atoms with Crippen molar-refractivity contribution in [2.75, 3.05) is 77.1 Å². The van der Waals surface area contributed by atoms with Gasteiger partial charge in [0.1, 0.15) is 102 Å². The van der Waals surface area contributed by atoms with Crippen molar-refractivity contribution in [1.29, 1.82) is 10.8 Å². The molecule has 1 heterocycles. The number of thiol groups is 2. The molecule has 0 spiro atoms. The lowest BCUT2D eigenvalue weighted by Crippen LogP contribution is -2.62. The van der Waals surface area contributed by atoms with Crippen LogP contribution in [0, 0.1) is 16.7 Å². The van der Waals surface area contributed by atoms with E-state index < -0.39 is 296 Å². The third-order valence-corrected chi connectivity index (χ3v) is 21.4. The number of phenolic OH excluding ortho intramolecular Hbond substituents is 2. The fourth-order valence-electron chi connectivity index (χ4n) is 13.3. The van der Waals surface area contributed by atoms with E-state index in [9.17, 15) is 137 Å². The van der Waals surface area contributed by atoms with Crippen LogP contribution < -0.4 is 124 Å². The van der Waals surface area contributed by atoms with Crippen molar-refractivity contribution in [2.24, 2.45) is 28.9 Å². The number of amides is 18. The van der Waals surface area contributed by atoms with Crippen molar-refractivity contribution >= 4 is 155 Å². The first-order chi connectivity index (χ1) is 65.1. The molecule has 0 bridgehead atoms. The van der Waals surface area contributed by atoms with E-state index in [1.807, 2.05) is 0 Å². The molecular formula is C82H130N26O28S2. The van der Waals surface area contributed by atoms with Crippen LogP contribution in [-0.2, 0) is 109 Å². The number of carboxylic acids is 2. The molecule has 138 heavy (non-hydrogen) atoms. The zero-order valence-corrected chi connectivity index (χ0v) is 78.4. The standard InChI is InChI=1S/C82H130N26O28S2/c1-39(2)27-50(71(126)94-40(3)66(121)100-53(30-63(119)120)67(122)92-34-62(118)95-47(11-6-7-23-83)68(123)103-55(36-110)80(135)136)102-77(132)64(41(4)111)106-70(125)49(13-9-25-90-82(87)88)99-72(127)51(28-43-15-19-45(113)20-16-43)96-61(117)33-91-60(116)32-93-76(131)58-14-10-26-108(58)79(134)57(38-138)105-78(133)65(42(5)112)107-75(130)56(37-137)104-69(124)48(12-8-24-89-81(85)86)98-73(128)52(29-44-17-21-46(114)22-18-44)101-74(129)54(35-109)97-59(115)31-84/h15-22,39-42,47-58,64-65,109-114,137-138H,6-14,23-38,83-84H2,1-5H3,(H,91,116)(H,92,122)(H,93,131)(H,94,126)(H,95,118)(H,96,117)(H,97,115)(H,98,128)(H,99,127)(H,100,121)(H,101,129)(H,102,132)(H,103,123)(H,104,124)(H,105,133)(H,106,125)(H,107,130)(H,119,120)(H,135,136)(H4,85,86,89)(H4,87,88,90)/t40-,41+,42+,47-,48-,49-,50-,51-,52-,53-,54-,55-,56-,57-,58-,64-,65-/m0/s1. The molecule has 18 amide bonds. The number of nitrogens with zero attached hydrogens (tertiary/aromatic N) is 1. The summed E-state index contributed by atoms with van der Waals surface area (Å²) in [5.41, 5.74) is 22.5. The van der Waals surface area contributed by atoms with Gasteiger partial charge in [-0.3, -0.25) is 102 Å². The number of carboxylic acid groups (broad SMARTS) is 2. The second kappa shape index (κ2) is 61.5. The van der Waals surface area contributed by atoms with Gasteiger partial charge in [0.2, 0.25) is 106 Å². The third kappa shape index (κ3) is 43.2. The second-order valence-electron chi connectivity index (χ2n) is 32.4. The molecule has 0 aromatic heterocycles. The Bertz CT molecular complexity index is 4530. The molecule has 0 aliphatic carbocycles. The number of aromatic hydroxyl groups is 2. The molecule has 0 unspecified atom stereocenters. The SMILES string of the molecule is CC(C)C[C@H](NC(=O)[C@@H](NC(=O)[C@H](CCCNC(=N)N)NC(=O)[C@H](Cc1ccc(O)cc1)NC(=O)CNC(=O)CNC(=O)[C@@H]1CCCN1C(=O)[C@H](CS)NC(=O)[C@@H](NC(=O)[C@H](CS)NC(=O)[C@H](CCCNC(=N)N)NC(=O)[C@H](Cc1ccc(O)cc1)NC(=O)[C@H](CO)NC(=O)CN)[C@@H](C)O)[C@@H](C)O)C(=O)N[C@@H](C)C(=O)N[C@@H](CC(=O)O)C(=O)NCC(=O)N[C@@H](CCCCN)C(=O)N[C@@H](CO)C(=O)O. The molecule has 1 aliphatic heterocycles. The average Bonchev–Trinajstić information content (AvgIpc) is 1.65. The number of hydrogen-bond acceptors (Lipinski definition) is 32. The number of aliphatic hydroxyl groups excluding tert-OH is 4. The predicted molar refractivity (Wildman–Crippen MR) is 495 cm³/mol. The quantitative estimate of drug-likeness (QED) is 0.0127. The van der Waals surface area contributed by atoms with Crippen LogP contribution in [0.3, 0.4) is 0 Å². The van der Waals surface area contributed by atoms with Crippen molar-refractivity contribution in [3.63, 3.8) is 0 Å². The van der Waals surface area contributed by atoms with E-state index in [-0.39, 0.29) is 108 Å². The smallest absolute Gasteiger partial charge is 0.328 e. The molecule has 3 rings (SSSR count). The number of guanidine groups is 2. The van der Waals surface area contributed by atoms with Crippen molar-refractivity contribution in [2.45, 2.75) is 221 Å². The van der Waals surface area contributed by atoms with Gasteiger partial charge in [-0.15, -0.1) is 0 Å². The minimum Gasteiger partial charge on any atom is -0.508 e. The molecule has 17 atom stereocenters. The van der Waals surface area contributed by atoms with Gasteiger partial charge in [-0.2, -0.15) is 25.3 Å². The topological polar surface area (TPSA) is 887 Å². The molecule has 2 aromatic rings. The number of rotatable bonds is 62. The molecule has 1 saturated heterocycles. The maximum atomic E-state index is 14.5. The normalized spacial score (nSPS) is 15.6. The zero-order chi connectivity index (χ0) is 104. The molecule has 0 saturated carbocycles. The lowest BCUT2D eigenvalue weighted by Gasteiger charge is -2.30. The summed E-state index contributed by atoms with van der Waals surface area (Å²) in [4.78, 5) is 272. The molecular weight excluding hydrogens is 1860 g/mol. The maximum absolute atomic E-state index is 14.5. The van der Waals surface area contributed by atoms with Crippen LogP contribution in [0.25, 0.3) is 0 Å². The number of hydrogen-bond donors (Lipinski definition) is 35. The number of likely N-dealkylation sites (tertiary alicyclic amines) is 1. The van der Waals surface area contributed by atoms with E-state index in [2.05, 4.69) is 126 Å². The highest BCUT2D eigenvalue weighted by atomic mass is 32.1. The molecule has 1 fully saturated rings. The maximum Gasteiger partial charge on any atom is 0.328 e. The largest absolute Gasteiger partial charge is 0.508 e. The van der Waals surface area contributed by atoms with Crippen LogP contribution in [0.2, 0.25) is 0 Å². The van der Waals surface area contributed by atoms with Gasteiger partial charge in [0.25, 0.3) is 0 Å². The van der Waals surface area contributed by atoms with Crippen LogP contribution in [0.15, 0.2) is 48.5 Å². The summed E-state index contributed by atoms with van der Waals surface area (Å²) >= 11 is 8.47. The minimum atomic E-state index is -1.94. The lowest BCUT2D eigenvalue weighted by molar-refractivity contribution is -0.143. The number of aliphatic carboxylic acids is 2. The number of carbonyl (C=O) groups excluding carboxylic acids is 18. The predicted octanol–water partition coefficient (Wildman–Crippen LogP) is -13.1. The summed E-state index contributed by atoms with van der Waals surface area (Å²) in [7, 11) is 0. The molecule has 37 N–H and O–H groups in total. The van der Waals surface area contributed by atoms with Gasteiger partial charge in [0, 0.05) is 44.0 Å². The van der Waals surface area contributed by atoms with E-state index in [1.54, 1.807) is 13.8 Å². The first-order valence-electron chi connectivity index (χ1n) is 43.8. The zero-order valence-electron chi connectivity index (χ0n) is 76.6. The van der Waals surface area contributed by atoms with Gasteiger partial charge < -0.3 is 170 Å². The fourth-order valence-corrected chi connectivity index (χ4v) is 13.8. The molecule has 0 radical (unpaired) electrons. The summed E-state index contributed by atoms with van der Waals surface area (Å²) in [6, 6.07) is -13.8. The number of phenols is 2. The van der Waals surface area contributed by atoms with Gasteiger partial charge in [0.05, 0.1) is 58.0 Å². The van der Waals surface area contributed by atoms with Gasteiger partial charge in [-0.25, -0.2) is 4.79 Å². The second-order valence-corrected chi connectivity index (χ2v) is 33.2. The highest BCUT2D eigenvalue weighted by Crippen LogP contribution is 2.21. The summed E-state index contributed by atoms with van der Waals surface area (Å²) in [5.74, 6) is -24.7. The van der Waals surface area contributed by atoms with Gasteiger partial charge in [0.15, 0.2) is 11.9 Å². The Morgan fingerprint density at radius 3 is 1.27 bits per heavy atom. The van der Waals surface area contributed by atoms with Gasteiger partial charge >= 0.3 is 11.9 Å². The third-order valence-electron chi connectivity index (χ3n) is 20.7. The van der Waals surface area contributed by atoms with Gasteiger partial charge in [-0.05, 0) is 133 Å². The summed E-state index contributed by atoms with van der Waals surface area (Å²) in [6.07, 6.45) is -5.15. The Labute approximate surface area is 803 Å². The summed E-state index contributed by atoms with van der Waals surface area (Å²) < 4.78 is 0. The molecule has 54 nitrogen and oxygen atoms in total. The number of nitrogens with two attached hydrogens (primary N) is 4. The molecule has 768 valence electrons. The number of aliphatic hydroxyl groups is 4. The van der Waals surface area contributed by atoms with Crippen LogP contribution >= 0.6 is 25.3 Å². The molecule has 1 aliphatic rings. The van der Waals surface area contributed by atoms with E-state index in [0.29, 0.717) is 17.5 Å². The van der Waals surface area contributed by atoms with Crippen molar-refractivity contribution in [1.82, 2.24) is 106 Å². The monoisotopic (exact) mass is 1990 g/mol. The first-order valence-corrected chi connectivity index (χ1v) is 45.1. The van der Waals surface area contributed by atoms with E-state index in [4.69, 9.17) is 33.8 Å². The Hall–Kier alpha value is -13.6. The van der Waals surface area contributed by atoms with Crippen LogP contribution in [0.5, 0.6) is 11.5 Å². The van der Waals surface area contributed by atoms with E-state index in [0.717, 1.165) is 25.7 Å². The van der Waals surface area contributed by atoms with E-state index >= 15 is 0 Å². The van der Waals surface area contributed by atoms with Gasteiger partial charge in [-0.1, -0.05) is 38.1 Å². The Balaban J connectivity index is 1.77. The van der Waals surface area contributed by atoms with Crippen molar-refractivity contribution in [3.8, 4) is 11.5 Å². The fraction of sp³-hybridized carbons (Fsp3) is 0.585. The Kier molecular flexibility index (Phi) is 52.9. The Morgan fingerprint density at radius 1 is 0.420 bits per heavy atom. The molecule has 2 aromatic carbocycles. The highest BCUT2D eigenvalue weighted by molar-refractivity contribution is 7.80. The highest BCUT2D eigenvalue weighted by Gasteiger charge is 2.42. The van der Waals surface area contributed by atoms with Crippen LogP contribution in [0.4, 0.5) is 0 Å². The van der Waals surface area contributed by atoms with Crippen LogP contribution in [-0.4, -0.2) is 356 Å². The van der Waals surface area contributed by atoms with E-state index in [1.165, 1.54) is 48.5 Å². The number of unbranched alkanes of at least 4 members (excludes halogenated alkanes) is 1. The van der Waals surface area contributed by atoms with Crippen molar-refractivity contribution < 1.29 is 137 Å². The summed E-state index contributed by atoms with van der Waals surface area (Å²) in [5, 5.41) is 140. The summed E-state index contributed by atoms with van der Waals surface area (Å²) in [6.45, 7) is 1.50. The number of nitrogens with one attached hydrogen (secondary N) is 21. The van der Waals surface area contributed by atoms with Crippen molar-refractivity contribution in [3.05, 3.63) is 59.7 Å². The number of benzene rings is 2. The first kappa shape index (κ1) is 119. The van der Waals surface area contributed by atoms with Crippen LogP contribution in [0.1, 0.15) is 116 Å². The lowest BCUT2D eigenvalue weighted by atomic mass is 10.0. The number of carbonyl (C=O) groups is 20.